The minimum atomic E-state index is -0.120. The third-order valence-electron chi connectivity index (χ3n) is 11.5. The van der Waals surface area contributed by atoms with E-state index in [-0.39, 0.29) is 12.2 Å². The molecule has 0 heterocycles. The van der Waals surface area contributed by atoms with Gasteiger partial charge in [-0.3, -0.25) is 0 Å². The summed E-state index contributed by atoms with van der Waals surface area (Å²) in [4.78, 5) is 14.4. The van der Waals surface area contributed by atoms with E-state index < -0.39 is 0 Å². The lowest BCUT2D eigenvalue weighted by Crippen LogP contribution is -2.51. The van der Waals surface area contributed by atoms with Crippen LogP contribution in [0.1, 0.15) is 119 Å². The monoisotopic (exact) mass is 485 g/mol. The smallest absolute Gasteiger partial charge is 0.410 e. The van der Waals surface area contributed by atoms with Gasteiger partial charge in [0.1, 0.15) is 6.10 Å². The van der Waals surface area contributed by atoms with Crippen molar-refractivity contribution in [2.24, 2.45) is 46.3 Å². The Hall–Kier alpha value is -0.990. The first kappa shape index (κ1) is 27.1. The van der Waals surface area contributed by atoms with Gasteiger partial charge in [0, 0.05) is 19.5 Å². The molecule has 200 valence electrons. The second kappa shape index (κ2) is 10.8. The molecule has 4 unspecified atom stereocenters. The number of allylic oxidation sites excluding steroid dienone is 1. The quantitative estimate of drug-likeness (QED) is 0.321. The van der Waals surface area contributed by atoms with Gasteiger partial charge in [-0.2, -0.15) is 0 Å². The SMILES string of the molecule is CCN(CC)C(=O)OC1CC[C@@]2(C)C(=CCC3C2CC[C@@]2(C)C3CC[C@@H]2[C@H](C)CCCC(C)C)C1. The number of carbonyl (C=O) groups is 1. The Morgan fingerprint density at radius 1 is 1.03 bits per heavy atom. The molecular weight excluding hydrogens is 430 g/mol. The molecule has 0 aromatic carbocycles. The van der Waals surface area contributed by atoms with Crippen molar-refractivity contribution in [1.82, 2.24) is 4.90 Å². The second-order valence-corrected chi connectivity index (χ2v) is 13.7. The Balaban J connectivity index is 1.43. The van der Waals surface area contributed by atoms with E-state index >= 15 is 0 Å². The van der Waals surface area contributed by atoms with Crippen LogP contribution in [0.3, 0.4) is 0 Å². The van der Waals surface area contributed by atoms with Gasteiger partial charge in [0.25, 0.3) is 0 Å². The first-order chi connectivity index (χ1) is 16.6. The Bertz CT molecular complexity index is 770. The first-order valence-corrected chi connectivity index (χ1v) is 15.3. The van der Waals surface area contributed by atoms with E-state index in [0.717, 1.165) is 61.4 Å². The lowest BCUT2D eigenvalue weighted by atomic mass is 9.47. The van der Waals surface area contributed by atoms with Crippen LogP contribution >= 0.6 is 0 Å². The predicted octanol–water partition coefficient (Wildman–Crippen LogP) is 8.87. The van der Waals surface area contributed by atoms with E-state index in [0.29, 0.717) is 10.8 Å². The van der Waals surface area contributed by atoms with Gasteiger partial charge in [-0.1, -0.05) is 65.5 Å². The van der Waals surface area contributed by atoms with Crippen LogP contribution in [0.4, 0.5) is 4.79 Å². The van der Waals surface area contributed by atoms with Crippen molar-refractivity contribution in [3.8, 4) is 0 Å². The van der Waals surface area contributed by atoms with Gasteiger partial charge >= 0.3 is 6.09 Å². The molecule has 3 heteroatoms. The van der Waals surface area contributed by atoms with Crippen LogP contribution in [0.2, 0.25) is 0 Å². The number of ether oxygens (including phenoxy) is 1. The van der Waals surface area contributed by atoms with Crippen molar-refractivity contribution in [3.05, 3.63) is 11.6 Å². The van der Waals surface area contributed by atoms with E-state index in [1.807, 2.05) is 13.8 Å². The molecule has 1 amide bonds. The summed E-state index contributed by atoms with van der Waals surface area (Å²) in [5, 5.41) is 0. The molecule has 0 aromatic rings. The molecule has 0 aromatic heterocycles. The number of hydrogen-bond acceptors (Lipinski definition) is 2. The maximum absolute atomic E-state index is 12.6. The molecule has 0 aliphatic heterocycles. The molecule has 8 atom stereocenters. The van der Waals surface area contributed by atoms with Crippen LogP contribution in [0.15, 0.2) is 11.6 Å². The molecule has 3 fully saturated rings. The lowest BCUT2D eigenvalue weighted by Gasteiger charge is -2.58. The van der Waals surface area contributed by atoms with E-state index in [1.165, 1.54) is 57.8 Å². The van der Waals surface area contributed by atoms with Crippen LogP contribution in [0.5, 0.6) is 0 Å². The number of hydrogen-bond donors (Lipinski definition) is 0. The highest BCUT2D eigenvalue weighted by atomic mass is 16.6. The molecule has 4 rings (SSSR count). The van der Waals surface area contributed by atoms with Crippen molar-refractivity contribution in [1.29, 1.82) is 0 Å². The summed E-state index contributed by atoms with van der Waals surface area (Å²) in [6.45, 7) is 18.1. The van der Waals surface area contributed by atoms with Gasteiger partial charge in [-0.05, 0) is 105 Å². The second-order valence-electron chi connectivity index (χ2n) is 13.7. The Kier molecular flexibility index (Phi) is 8.33. The molecule has 0 bridgehead atoms. The largest absolute Gasteiger partial charge is 0.446 e. The maximum Gasteiger partial charge on any atom is 0.410 e. The summed E-state index contributed by atoms with van der Waals surface area (Å²) in [7, 11) is 0. The van der Waals surface area contributed by atoms with Crippen molar-refractivity contribution in [2.75, 3.05) is 13.1 Å². The Labute approximate surface area is 216 Å². The number of nitrogens with zero attached hydrogens (tertiary/aromatic N) is 1. The van der Waals surface area contributed by atoms with Gasteiger partial charge < -0.3 is 9.64 Å². The van der Waals surface area contributed by atoms with Crippen LogP contribution in [0, 0.1) is 46.3 Å². The Morgan fingerprint density at radius 2 is 1.77 bits per heavy atom. The van der Waals surface area contributed by atoms with Crippen molar-refractivity contribution in [2.45, 2.75) is 125 Å². The number of amides is 1. The Morgan fingerprint density at radius 3 is 2.46 bits per heavy atom. The fourth-order valence-corrected chi connectivity index (χ4v) is 9.45. The fourth-order valence-electron chi connectivity index (χ4n) is 9.45. The van der Waals surface area contributed by atoms with E-state index in [9.17, 15) is 4.79 Å². The molecular formula is C32H55NO2. The van der Waals surface area contributed by atoms with E-state index in [1.54, 1.807) is 10.5 Å². The molecule has 0 radical (unpaired) electrons. The van der Waals surface area contributed by atoms with Gasteiger partial charge in [0.15, 0.2) is 0 Å². The van der Waals surface area contributed by atoms with Gasteiger partial charge in [-0.15, -0.1) is 0 Å². The standard InChI is InChI=1S/C32H55NO2/c1-8-33(9-2)30(34)35-25-17-19-31(6)24(21-25)13-14-26-28-16-15-27(23(5)12-10-11-22(3)4)32(28,7)20-18-29(26)31/h13,22-23,25-29H,8-12,14-21H2,1-7H3/t23-,25?,26?,27-,28?,29?,31+,32-/m1/s1. The number of fused-ring (bicyclic) bond motifs is 5. The van der Waals surface area contributed by atoms with Crippen molar-refractivity contribution in [3.63, 3.8) is 0 Å². The third-order valence-corrected chi connectivity index (χ3v) is 11.5. The molecule has 0 saturated heterocycles. The molecule has 4 aliphatic rings. The van der Waals surface area contributed by atoms with Crippen molar-refractivity contribution < 1.29 is 9.53 Å². The molecule has 35 heavy (non-hydrogen) atoms. The fraction of sp³-hybridized carbons (Fsp3) is 0.906. The first-order valence-electron chi connectivity index (χ1n) is 15.3. The number of carbonyl (C=O) groups excluding carboxylic acids is 1. The average Bonchev–Trinajstić information content (AvgIpc) is 3.17. The molecule has 3 nitrogen and oxygen atoms in total. The summed E-state index contributed by atoms with van der Waals surface area (Å²) in [5.74, 6) is 5.24. The summed E-state index contributed by atoms with van der Waals surface area (Å²) >= 11 is 0. The van der Waals surface area contributed by atoms with Crippen LogP contribution < -0.4 is 0 Å². The minimum Gasteiger partial charge on any atom is -0.446 e. The van der Waals surface area contributed by atoms with Crippen LogP contribution in [-0.2, 0) is 4.74 Å². The third kappa shape index (κ3) is 5.08. The minimum absolute atomic E-state index is 0.0652. The lowest BCUT2D eigenvalue weighted by molar-refractivity contribution is -0.0592. The van der Waals surface area contributed by atoms with Crippen LogP contribution in [-0.4, -0.2) is 30.2 Å². The zero-order chi connectivity index (χ0) is 25.4. The normalized spacial score (nSPS) is 39.3. The number of rotatable bonds is 8. The maximum atomic E-state index is 12.6. The highest BCUT2D eigenvalue weighted by molar-refractivity contribution is 5.67. The van der Waals surface area contributed by atoms with Gasteiger partial charge in [-0.25, -0.2) is 4.79 Å². The summed E-state index contributed by atoms with van der Waals surface area (Å²) < 4.78 is 5.98. The zero-order valence-electron chi connectivity index (χ0n) is 24.1. The highest BCUT2D eigenvalue weighted by Crippen LogP contribution is 2.67. The van der Waals surface area contributed by atoms with E-state index in [4.69, 9.17) is 4.74 Å². The summed E-state index contributed by atoms with van der Waals surface area (Å²) in [5.41, 5.74) is 2.49. The van der Waals surface area contributed by atoms with Gasteiger partial charge in [0.05, 0.1) is 0 Å². The molecule has 4 aliphatic carbocycles. The zero-order valence-corrected chi connectivity index (χ0v) is 24.1. The predicted molar refractivity (Wildman–Crippen MR) is 146 cm³/mol. The van der Waals surface area contributed by atoms with Crippen LogP contribution in [0.25, 0.3) is 0 Å². The van der Waals surface area contributed by atoms with E-state index in [2.05, 4.69) is 40.7 Å². The highest BCUT2D eigenvalue weighted by Gasteiger charge is 2.59. The molecule has 3 saturated carbocycles. The molecule has 0 N–H and O–H groups in total. The topological polar surface area (TPSA) is 29.5 Å². The molecule has 0 spiro atoms. The van der Waals surface area contributed by atoms with Gasteiger partial charge in [0.2, 0.25) is 0 Å². The average molecular weight is 486 g/mol. The summed E-state index contributed by atoms with van der Waals surface area (Å²) in [6.07, 6.45) is 17.0. The van der Waals surface area contributed by atoms with Crippen molar-refractivity contribution >= 4 is 6.09 Å². The summed E-state index contributed by atoms with van der Waals surface area (Å²) in [6, 6.07) is 0.